The number of pyridine rings is 1. The number of benzene rings is 1. The fourth-order valence-corrected chi connectivity index (χ4v) is 1.93. The molecule has 1 aromatic heterocycles. The van der Waals surface area contributed by atoms with Crippen molar-refractivity contribution in [3.63, 3.8) is 0 Å². The first-order valence-corrected chi connectivity index (χ1v) is 6.53. The summed E-state index contributed by atoms with van der Waals surface area (Å²) >= 11 is 0. The highest BCUT2D eigenvalue weighted by molar-refractivity contribution is 7.89. The van der Waals surface area contributed by atoms with E-state index in [4.69, 9.17) is 9.88 Å². The van der Waals surface area contributed by atoms with E-state index in [2.05, 4.69) is 4.98 Å². The molecule has 2 N–H and O–H groups in total. The average molecular weight is 286 g/mol. The van der Waals surface area contributed by atoms with E-state index < -0.39 is 38.2 Å². The number of nitrogens with two attached hydrogens (primary N) is 1. The minimum atomic E-state index is -4.08. The van der Waals surface area contributed by atoms with E-state index in [1.807, 2.05) is 0 Å². The molecule has 0 atom stereocenters. The first kappa shape index (κ1) is 13.4. The van der Waals surface area contributed by atoms with Gasteiger partial charge < -0.3 is 4.74 Å². The second kappa shape index (κ2) is 4.90. The number of aromatic nitrogens is 1. The van der Waals surface area contributed by atoms with E-state index >= 15 is 0 Å². The lowest BCUT2D eigenvalue weighted by molar-refractivity contribution is 0.411. The summed E-state index contributed by atoms with van der Waals surface area (Å²) in [6, 6.07) is 5.01. The summed E-state index contributed by atoms with van der Waals surface area (Å²) in [5.74, 6) is -2.49. The Hall–Kier alpha value is -2.06. The van der Waals surface area contributed by atoms with Crippen LogP contribution in [0.1, 0.15) is 0 Å². The van der Waals surface area contributed by atoms with Crippen molar-refractivity contribution in [2.75, 3.05) is 0 Å². The molecule has 0 bridgehead atoms. The Balaban J connectivity index is 2.47. The van der Waals surface area contributed by atoms with Gasteiger partial charge in [-0.05, 0) is 24.3 Å². The third-order valence-electron chi connectivity index (χ3n) is 2.14. The van der Waals surface area contributed by atoms with E-state index in [1.165, 1.54) is 12.3 Å². The van der Waals surface area contributed by atoms with Crippen LogP contribution >= 0.6 is 0 Å². The van der Waals surface area contributed by atoms with Gasteiger partial charge in [0, 0.05) is 12.3 Å². The molecule has 0 amide bonds. The van der Waals surface area contributed by atoms with Gasteiger partial charge in [0.05, 0.1) is 0 Å². The van der Waals surface area contributed by atoms with Crippen molar-refractivity contribution < 1.29 is 21.9 Å². The summed E-state index contributed by atoms with van der Waals surface area (Å²) in [5, 5.41) is 4.96. The van der Waals surface area contributed by atoms with Crippen LogP contribution in [-0.2, 0) is 10.0 Å². The van der Waals surface area contributed by atoms with Gasteiger partial charge in [-0.3, -0.25) is 0 Å². The van der Waals surface area contributed by atoms with E-state index in [9.17, 15) is 17.2 Å². The largest absolute Gasteiger partial charge is 0.434 e. The summed E-state index contributed by atoms with van der Waals surface area (Å²) in [6.07, 6.45) is 1.24. The highest BCUT2D eigenvalue weighted by Gasteiger charge is 2.18. The quantitative estimate of drug-likeness (QED) is 0.932. The van der Waals surface area contributed by atoms with Crippen LogP contribution in [0.4, 0.5) is 8.78 Å². The summed E-state index contributed by atoms with van der Waals surface area (Å²) in [5.41, 5.74) is 0. The van der Waals surface area contributed by atoms with Gasteiger partial charge in [0.15, 0.2) is 11.6 Å². The number of sulfonamides is 1. The Morgan fingerprint density at radius 2 is 1.95 bits per heavy atom. The molecule has 0 spiro atoms. The predicted molar refractivity (Wildman–Crippen MR) is 62.0 cm³/mol. The third-order valence-corrected chi connectivity index (χ3v) is 3.07. The standard InChI is InChI=1S/C11H8F2N2O3S/c12-7-3-4-8(13)9(6-7)18-11-10(19(14,16)17)2-1-5-15-11/h1-6H,(H2,14,16,17). The van der Waals surface area contributed by atoms with Crippen LogP contribution in [0.15, 0.2) is 41.4 Å². The zero-order chi connectivity index (χ0) is 14.0. The molecule has 100 valence electrons. The predicted octanol–water partition coefficient (Wildman–Crippen LogP) is 1.80. The molecule has 0 aliphatic heterocycles. The number of halogens is 2. The van der Waals surface area contributed by atoms with E-state index in [-0.39, 0.29) is 0 Å². The van der Waals surface area contributed by atoms with Gasteiger partial charge in [0.25, 0.3) is 0 Å². The Labute approximate surface area is 107 Å². The SMILES string of the molecule is NS(=O)(=O)c1cccnc1Oc1cc(F)ccc1F. The van der Waals surface area contributed by atoms with E-state index in [1.54, 1.807) is 0 Å². The molecule has 1 aromatic carbocycles. The first-order chi connectivity index (χ1) is 8.88. The molecule has 1 heterocycles. The molecule has 0 aliphatic rings. The van der Waals surface area contributed by atoms with Crippen molar-refractivity contribution in [1.29, 1.82) is 0 Å². The summed E-state index contributed by atoms with van der Waals surface area (Å²) < 4.78 is 53.9. The molecule has 2 rings (SSSR count). The van der Waals surface area contributed by atoms with E-state index in [0.717, 1.165) is 24.3 Å². The van der Waals surface area contributed by atoms with Gasteiger partial charge >= 0.3 is 0 Å². The maximum atomic E-state index is 13.4. The molecule has 5 nitrogen and oxygen atoms in total. The summed E-state index contributed by atoms with van der Waals surface area (Å²) in [4.78, 5) is 3.22. The van der Waals surface area contributed by atoms with Gasteiger partial charge in [-0.15, -0.1) is 0 Å². The second-order valence-corrected chi connectivity index (χ2v) is 5.06. The van der Waals surface area contributed by atoms with Crippen molar-refractivity contribution in [1.82, 2.24) is 4.98 Å². The molecule has 0 saturated heterocycles. The third kappa shape index (κ3) is 3.04. The Morgan fingerprint density at radius 3 is 2.63 bits per heavy atom. The van der Waals surface area contributed by atoms with Crippen LogP contribution in [0.3, 0.4) is 0 Å². The molecule has 19 heavy (non-hydrogen) atoms. The molecule has 8 heteroatoms. The number of ether oxygens (including phenoxy) is 1. The van der Waals surface area contributed by atoms with Crippen molar-refractivity contribution in [3.8, 4) is 11.6 Å². The molecule has 0 unspecified atom stereocenters. The van der Waals surface area contributed by atoms with Crippen LogP contribution in [-0.4, -0.2) is 13.4 Å². The maximum Gasteiger partial charge on any atom is 0.243 e. The molecule has 0 fully saturated rings. The number of hydrogen-bond donors (Lipinski definition) is 1. The van der Waals surface area contributed by atoms with Gasteiger partial charge in [-0.25, -0.2) is 27.3 Å². The van der Waals surface area contributed by atoms with E-state index in [0.29, 0.717) is 0 Å². The van der Waals surface area contributed by atoms with Crippen molar-refractivity contribution in [2.45, 2.75) is 4.90 Å². The Bertz CT molecular complexity index is 720. The molecular formula is C11H8F2N2O3S. The monoisotopic (exact) mass is 286 g/mol. The fraction of sp³-hybridized carbons (Fsp3) is 0. The summed E-state index contributed by atoms with van der Waals surface area (Å²) in [6.45, 7) is 0. The average Bonchev–Trinajstić information content (AvgIpc) is 2.33. The first-order valence-electron chi connectivity index (χ1n) is 4.98. The number of primary sulfonamides is 1. The zero-order valence-corrected chi connectivity index (χ0v) is 10.2. The van der Waals surface area contributed by atoms with Gasteiger partial charge in [-0.1, -0.05) is 0 Å². The minimum absolute atomic E-state index is 0.418. The summed E-state index contributed by atoms with van der Waals surface area (Å²) in [7, 11) is -4.08. The topological polar surface area (TPSA) is 82.3 Å². The van der Waals surface area contributed by atoms with Crippen LogP contribution in [0.5, 0.6) is 11.6 Å². The minimum Gasteiger partial charge on any atom is -0.434 e. The van der Waals surface area contributed by atoms with Crippen molar-refractivity contribution in [2.24, 2.45) is 5.14 Å². The lowest BCUT2D eigenvalue weighted by Crippen LogP contribution is -2.13. The highest BCUT2D eigenvalue weighted by Crippen LogP contribution is 2.27. The fourth-order valence-electron chi connectivity index (χ4n) is 1.33. The molecule has 0 saturated carbocycles. The lowest BCUT2D eigenvalue weighted by Gasteiger charge is -2.08. The van der Waals surface area contributed by atoms with Crippen molar-refractivity contribution >= 4 is 10.0 Å². The van der Waals surface area contributed by atoms with Crippen LogP contribution in [0, 0.1) is 11.6 Å². The second-order valence-electron chi connectivity index (χ2n) is 3.53. The molecule has 2 aromatic rings. The van der Waals surface area contributed by atoms with Crippen LogP contribution in [0.2, 0.25) is 0 Å². The molecule has 0 radical (unpaired) electrons. The van der Waals surface area contributed by atoms with Gasteiger partial charge in [0.1, 0.15) is 10.7 Å². The number of rotatable bonds is 3. The lowest BCUT2D eigenvalue weighted by atomic mass is 10.3. The maximum absolute atomic E-state index is 13.4. The van der Waals surface area contributed by atoms with Crippen LogP contribution in [0.25, 0.3) is 0 Å². The zero-order valence-electron chi connectivity index (χ0n) is 9.38. The van der Waals surface area contributed by atoms with Gasteiger partial charge in [0.2, 0.25) is 15.9 Å². The Morgan fingerprint density at radius 1 is 1.21 bits per heavy atom. The normalized spacial score (nSPS) is 11.3. The number of nitrogens with zero attached hydrogens (tertiary/aromatic N) is 1. The highest BCUT2D eigenvalue weighted by atomic mass is 32.2. The molecular weight excluding hydrogens is 278 g/mol. The number of hydrogen-bond acceptors (Lipinski definition) is 4. The van der Waals surface area contributed by atoms with Crippen molar-refractivity contribution in [3.05, 3.63) is 48.2 Å². The van der Waals surface area contributed by atoms with Gasteiger partial charge in [-0.2, -0.15) is 0 Å². The van der Waals surface area contributed by atoms with Crippen LogP contribution < -0.4 is 9.88 Å². The smallest absolute Gasteiger partial charge is 0.243 e. The Kier molecular flexibility index (Phi) is 3.45. The molecule has 0 aliphatic carbocycles.